The van der Waals surface area contributed by atoms with Gasteiger partial charge < -0.3 is 26.6 Å². The van der Waals surface area contributed by atoms with Crippen LogP contribution < -0.4 is 30.9 Å². The first-order chi connectivity index (χ1) is 26.6. The first-order valence-corrected chi connectivity index (χ1v) is 21.3. The summed E-state index contributed by atoms with van der Waals surface area (Å²) in [5, 5.41) is 14.7. The number of rotatable bonds is 20. The van der Waals surface area contributed by atoms with Crippen molar-refractivity contribution in [1.82, 2.24) is 31.5 Å². The maximum atomic E-state index is 14.0. The van der Waals surface area contributed by atoms with Crippen molar-refractivity contribution in [3.8, 4) is 0 Å². The number of nitrogens with one attached hydrogen (secondary N) is 5. The summed E-state index contributed by atoms with van der Waals surface area (Å²) in [5.74, 6) is -1.71. The van der Waals surface area contributed by atoms with Gasteiger partial charge in [-0.1, -0.05) is 68.4 Å². The van der Waals surface area contributed by atoms with Crippen LogP contribution in [0, 0.1) is 5.92 Å². The first-order valence-electron chi connectivity index (χ1n) is 19.5. The molecule has 1 fully saturated rings. The summed E-state index contributed by atoms with van der Waals surface area (Å²) in [4.78, 5) is 55.6. The van der Waals surface area contributed by atoms with Crippen LogP contribution in [0.15, 0.2) is 72.8 Å². The molecule has 4 amide bonds. The fraction of sp³-hybridized carbons (Fsp3) is 0.476. The molecular weight excluding hydrogens is 731 g/mol. The smallest absolute Gasteiger partial charge is 0.251 e. The second-order valence-electron chi connectivity index (χ2n) is 14.9. The normalized spacial score (nSPS) is 14.8. The number of sulfonamides is 1. The fourth-order valence-corrected chi connectivity index (χ4v) is 7.02. The van der Waals surface area contributed by atoms with E-state index in [1.807, 2.05) is 51.1 Å². The van der Waals surface area contributed by atoms with Crippen molar-refractivity contribution in [3.05, 3.63) is 101 Å². The molecule has 1 saturated heterocycles. The minimum atomic E-state index is -3.72. The van der Waals surface area contributed by atoms with Gasteiger partial charge in [0.2, 0.25) is 21.8 Å². The summed E-state index contributed by atoms with van der Waals surface area (Å²) in [6, 6.07) is 20.4. The summed E-state index contributed by atoms with van der Waals surface area (Å²) < 4.78 is 26.1. The van der Waals surface area contributed by atoms with Crippen LogP contribution in [0.2, 0.25) is 0 Å². The monoisotopic (exact) mass is 789 g/mol. The molecule has 0 radical (unpaired) electrons. The molecule has 0 aliphatic carbocycles. The lowest BCUT2D eigenvalue weighted by Gasteiger charge is -2.25. The van der Waals surface area contributed by atoms with Gasteiger partial charge in [-0.15, -0.1) is 0 Å². The van der Waals surface area contributed by atoms with Gasteiger partial charge in [-0.05, 0) is 93.4 Å². The molecular formula is C42H59N7O6S. The van der Waals surface area contributed by atoms with E-state index in [4.69, 9.17) is 0 Å². The molecule has 3 aromatic rings. The third-order valence-corrected chi connectivity index (χ3v) is 11.2. The highest BCUT2D eigenvalue weighted by Crippen LogP contribution is 2.21. The Hall–Kier alpha value is -4.79. The number of nitrogens with zero attached hydrogens (tertiary/aromatic N) is 2. The van der Waals surface area contributed by atoms with Crippen molar-refractivity contribution in [1.29, 1.82) is 0 Å². The van der Waals surface area contributed by atoms with Crippen LogP contribution in [0.4, 0.5) is 5.69 Å². The molecule has 1 heterocycles. The summed E-state index contributed by atoms with van der Waals surface area (Å²) in [6.07, 6.45) is 4.55. The Bertz CT molecular complexity index is 1880. The molecule has 0 spiro atoms. The molecule has 4 rings (SSSR count). The third-order valence-electron chi connectivity index (χ3n) is 9.95. The number of anilines is 1. The predicted molar refractivity (Wildman–Crippen MR) is 221 cm³/mol. The molecule has 3 aromatic carbocycles. The number of likely N-dealkylation sites (tertiary alicyclic amines) is 1. The second-order valence-corrected chi connectivity index (χ2v) is 16.9. The number of likely N-dealkylation sites (N-methyl/N-ethyl adjacent to an activating group) is 1. The highest BCUT2D eigenvalue weighted by Gasteiger charge is 2.27. The first kappa shape index (κ1) is 43.9. The van der Waals surface area contributed by atoms with E-state index >= 15 is 0 Å². The van der Waals surface area contributed by atoms with E-state index in [1.54, 1.807) is 6.92 Å². The van der Waals surface area contributed by atoms with Crippen molar-refractivity contribution >= 4 is 39.3 Å². The molecule has 0 aromatic heterocycles. The highest BCUT2D eigenvalue weighted by atomic mass is 32.2. The van der Waals surface area contributed by atoms with Crippen LogP contribution in [0.25, 0.3) is 0 Å². The molecule has 1 aliphatic rings. The zero-order valence-corrected chi connectivity index (χ0v) is 34.4. The molecule has 3 atom stereocenters. The molecule has 13 nitrogen and oxygen atoms in total. The molecule has 304 valence electrons. The Labute approximate surface area is 332 Å². The van der Waals surface area contributed by atoms with E-state index in [0.29, 0.717) is 25.9 Å². The Balaban J connectivity index is 1.47. The summed E-state index contributed by atoms with van der Waals surface area (Å²) in [7, 11) is -2.36. The van der Waals surface area contributed by atoms with Gasteiger partial charge in [0.05, 0.1) is 18.0 Å². The second kappa shape index (κ2) is 20.9. The van der Waals surface area contributed by atoms with Gasteiger partial charge in [0.25, 0.3) is 11.8 Å². The summed E-state index contributed by atoms with van der Waals surface area (Å²) in [6.45, 7) is 11.4. The molecule has 0 saturated carbocycles. The minimum absolute atomic E-state index is 0.0994. The van der Waals surface area contributed by atoms with Gasteiger partial charge in [0, 0.05) is 50.4 Å². The number of carbonyl (C=O) groups is 4. The van der Waals surface area contributed by atoms with Crippen molar-refractivity contribution < 1.29 is 27.6 Å². The van der Waals surface area contributed by atoms with Crippen LogP contribution in [-0.2, 0) is 39.0 Å². The van der Waals surface area contributed by atoms with Crippen LogP contribution in [0.3, 0.4) is 0 Å². The molecule has 0 unspecified atom stereocenters. The fourth-order valence-electron chi connectivity index (χ4n) is 6.53. The molecule has 14 heteroatoms. The van der Waals surface area contributed by atoms with Crippen molar-refractivity contribution in [2.75, 3.05) is 50.3 Å². The van der Waals surface area contributed by atoms with E-state index in [2.05, 4.69) is 55.7 Å². The zero-order valence-electron chi connectivity index (χ0n) is 33.6. The standard InChI is InChI=1S/C42H59N7O6S/c1-7-43-42(53)38(29(2)3)47-39(50)30(4)45-27-36(23-32-13-9-8-10-14-32)46-41(52)35-24-34(25-37(26-35)48(5)56(6,54)55)40(51)44-20-19-31-15-17-33(18-16-31)28-49-21-11-12-22-49/h8-10,13-18,24-26,29-30,36,38,45H,7,11-12,19-23,27-28H2,1-6H3,(H,43,53)(H,44,51)(H,46,52)(H,47,50)/t30-,36-,38-/m0/s1. The lowest BCUT2D eigenvalue weighted by molar-refractivity contribution is -0.130. The SMILES string of the molecule is CCNC(=O)[C@@H](NC(=O)[C@H](C)NC[C@H](Cc1ccccc1)NC(=O)c1cc(C(=O)NCCc2ccc(CN3CCCC3)cc2)cc(N(C)S(C)(=O)=O)c1)C(C)C. The van der Waals surface area contributed by atoms with Crippen molar-refractivity contribution in [3.63, 3.8) is 0 Å². The summed E-state index contributed by atoms with van der Waals surface area (Å²) in [5.41, 5.74) is 3.68. The highest BCUT2D eigenvalue weighted by molar-refractivity contribution is 7.92. The van der Waals surface area contributed by atoms with Gasteiger partial charge in [-0.2, -0.15) is 0 Å². The van der Waals surface area contributed by atoms with Crippen LogP contribution >= 0.6 is 0 Å². The third kappa shape index (κ3) is 13.5. The quantitative estimate of drug-likeness (QED) is 0.116. The molecule has 5 N–H and O–H groups in total. The number of carbonyl (C=O) groups excluding carboxylic acids is 4. The van der Waals surface area contributed by atoms with Crippen LogP contribution in [-0.4, -0.2) is 101 Å². The number of hydrogen-bond donors (Lipinski definition) is 5. The lowest BCUT2D eigenvalue weighted by atomic mass is 10.0. The van der Waals surface area contributed by atoms with Crippen LogP contribution in [0.1, 0.15) is 77.9 Å². The van der Waals surface area contributed by atoms with E-state index in [9.17, 15) is 27.6 Å². The summed E-state index contributed by atoms with van der Waals surface area (Å²) >= 11 is 0. The number of amides is 4. The Morgan fingerprint density at radius 3 is 2.02 bits per heavy atom. The minimum Gasteiger partial charge on any atom is -0.355 e. The molecule has 56 heavy (non-hydrogen) atoms. The topological polar surface area (TPSA) is 169 Å². The zero-order chi connectivity index (χ0) is 40.8. The average molecular weight is 790 g/mol. The van der Waals surface area contributed by atoms with E-state index < -0.39 is 40.0 Å². The van der Waals surface area contributed by atoms with Crippen molar-refractivity contribution in [2.45, 2.75) is 78.0 Å². The lowest BCUT2D eigenvalue weighted by Crippen LogP contribution is -2.55. The Morgan fingerprint density at radius 2 is 1.41 bits per heavy atom. The maximum absolute atomic E-state index is 14.0. The van der Waals surface area contributed by atoms with Gasteiger partial charge in [0.1, 0.15) is 6.04 Å². The largest absolute Gasteiger partial charge is 0.355 e. The van der Waals surface area contributed by atoms with Crippen LogP contribution in [0.5, 0.6) is 0 Å². The maximum Gasteiger partial charge on any atom is 0.251 e. The van der Waals surface area contributed by atoms with Gasteiger partial charge in [0.15, 0.2) is 0 Å². The van der Waals surface area contributed by atoms with Gasteiger partial charge in [-0.3, -0.25) is 28.4 Å². The van der Waals surface area contributed by atoms with E-state index in [-0.39, 0.29) is 41.1 Å². The number of hydrogen-bond acceptors (Lipinski definition) is 8. The molecule has 0 bridgehead atoms. The van der Waals surface area contributed by atoms with Gasteiger partial charge in [-0.25, -0.2) is 8.42 Å². The van der Waals surface area contributed by atoms with E-state index in [0.717, 1.165) is 41.3 Å². The Kier molecular flexibility index (Phi) is 16.4. The predicted octanol–water partition coefficient (Wildman–Crippen LogP) is 3.25. The van der Waals surface area contributed by atoms with Crippen molar-refractivity contribution in [2.24, 2.45) is 5.92 Å². The van der Waals surface area contributed by atoms with Gasteiger partial charge >= 0.3 is 0 Å². The van der Waals surface area contributed by atoms with E-state index in [1.165, 1.54) is 43.7 Å². The number of benzene rings is 3. The average Bonchev–Trinajstić information content (AvgIpc) is 3.69. The Morgan fingerprint density at radius 1 is 0.786 bits per heavy atom. The molecule has 1 aliphatic heterocycles.